The van der Waals surface area contributed by atoms with Crippen LogP contribution in [0.15, 0.2) is 48.5 Å². The van der Waals surface area contributed by atoms with Gasteiger partial charge in [-0.3, -0.25) is 4.79 Å². The fraction of sp³-hybridized carbons (Fsp3) is 0.0625. The molecule has 0 bridgehead atoms. The highest BCUT2D eigenvalue weighted by Gasteiger charge is 2.08. The van der Waals surface area contributed by atoms with E-state index in [-0.39, 0.29) is 12.3 Å². The zero-order valence-corrected chi connectivity index (χ0v) is 11.9. The Labute approximate surface area is 125 Å². The molecule has 0 spiro atoms. The number of carbonyl (C=O) groups is 1. The molecule has 0 aliphatic carbocycles. The first-order chi connectivity index (χ1) is 10.2. The van der Waals surface area contributed by atoms with Gasteiger partial charge in [-0.1, -0.05) is 35.6 Å². The van der Waals surface area contributed by atoms with Gasteiger partial charge in [0.25, 0.3) is 0 Å². The predicted octanol–water partition coefficient (Wildman–Crippen LogP) is 3.35. The maximum absolute atomic E-state index is 12.0. The van der Waals surface area contributed by atoms with Crippen molar-refractivity contribution in [3.05, 3.63) is 59.7 Å². The van der Waals surface area contributed by atoms with Crippen molar-refractivity contribution in [2.45, 2.75) is 6.42 Å². The van der Waals surface area contributed by atoms with Gasteiger partial charge in [0, 0.05) is 0 Å². The number of carbonyl (C=O) groups excluding carboxylic acids is 1. The number of para-hydroxylation sites is 1. The minimum Gasteiger partial charge on any atom is -0.302 e. The Morgan fingerprint density at radius 3 is 2.67 bits per heavy atom. The van der Waals surface area contributed by atoms with Crippen LogP contribution in [0.4, 0.5) is 5.13 Å². The van der Waals surface area contributed by atoms with Gasteiger partial charge in [0.1, 0.15) is 0 Å². The third-order valence-corrected chi connectivity index (χ3v) is 3.94. The summed E-state index contributed by atoms with van der Waals surface area (Å²) in [5, 5.41) is 12.2. The van der Waals surface area contributed by atoms with Crippen molar-refractivity contribution in [2.75, 3.05) is 5.32 Å². The number of amides is 1. The van der Waals surface area contributed by atoms with E-state index < -0.39 is 0 Å². The standard InChI is InChI=1S/C16H11N3OS/c17-10-12-7-5-11(6-8-12)9-15(20)19-16-18-13-3-1-2-4-14(13)21-16/h1-8H,9H2,(H,18,19,20). The quantitative estimate of drug-likeness (QED) is 0.805. The fourth-order valence-electron chi connectivity index (χ4n) is 1.97. The lowest BCUT2D eigenvalue weighted by Gasteiger charge is -2.01. The van der Waals surface area contributed by atoms with Crippen LogP contribution < -0.4 is 5.32 Å². The predicted molar refractivity (Wildman–Crippen MR) is 83.1 cm³/mol. The van der Waals surface area contributed by atoms with E-state index in [0.717, 1.165) is 15.8 Å². The lowest BCUT2D eigenvalue weighted by atomic mass is 10.1. The summed E-state index contributed by atoms with van der Waals surface area (Å²) < 4.78 is 1.05. The zero-order valence-electron chi connectivity index (χ0n) is 11.0. The number of nitrogens with one attached hydrogen (secondary N) is 1. The number of hydrogen-bond acceptors (Lipinski definition) is 4. The maximum Gasteiger partial charge on any atom is 0.230 e. The van der Waals surface area contributed by atoms with Crippen LogP contribution in [0.3, 0.4) is 0 Å². The number of aromatic nitrogens is 1. The number of nitrogens with zero attached hydrogens (tertiary/aromatic N) is 2. The monoisotopic (exact) mass is 293 g/mol. The highest BCUT2D eigenvalue weighted by molar-refractivity contribution is 7.22. The van der Waals surface area contributed by atoms with Crippen molar-refractivity contribution in [3.63, 3.8) is 0 Å². The highest BCUT2D eigenvalue weighted by atomic mass is 32.1. The van der Waals surface area contributed by atoms with Crippen LogP contribution in [-0.2, 0) is 11.2 Å². The average Bonchev–Trinajstić information content (AvgIpc) is 2.90. The first-order valence-electron chi connectivity index (χ1n) is 6.39. The van der Waals surface area contributed by atoms with Crippen LogP contribution in [-0.4, -0.2) is 10.9 Å². The van der Waals surface area contributed by atoms with Gasteiger partial charge in [-0.25, -0.2) is 4.98 Å². The number of benzene rings is 2. The molecule has 102 valence electrons. The molecule has 0 saturated carbocycles. The molecular weight excluding hydrogens is 282 g/mol. The second-order valence-electron chi connectivity index (χ2n) is 4.52. The van der Waals surface area contributed by atoms with Gasteiger partial charge >= 0.3 is 0 Å². The summed E-state index contributed by atoms with van der Waals surface area (Å²) in [5.74, 6) is -0.112. The van der Waals surface area contributed by atoms with Gasteiger partial charge in [-0.05, 0) is 29.8 Å². The fourth-order valence-corrected chi connectivity index (χ4v) is 2.85. The third-order valence-electron chi connectivity index (χ3n) is 2.99. The molecule has 1 N–H and O–H groups in total. The summed E-state index contributed by atoms with van der Waals surface area (Å²) in [4.78, 5) is 16.4. The third kappa shape index (κ3) is 3.07. The average molecular weight is 293 g/mol. The van der Waals surface area contributed by atoms with Crippen LogP contribution in [0.2, 0.25) is 0 Å². The second-order valence-corrected chi connectivity index (χ2v) is 5.55. The lowest BCUT2D eigenvalue weighted by Crippen LogP contribution is -2.14. The summed E-state index contributed by atoms with van der Waals surface area (Å²) in [6, 6.07) is 16.8. The van der Waals surface area contributed by atoms with Crippen molar-refractivity contribution in [3.8, 4) is 6.07 Å². The molecule has 0 radical (unpaired) electrons. The second kappa shape index (κ2) is 5.73. The van der Waals surface area contributed by atoms with Gasteiger partial charge in [-0.15, -0.1) is 0 Å². The Balaban J connectivity index is 1.69. The molecule has 0 atom stereocenters. The summed E-state index contributed by atoms with van der Waals surface area (Å²) in [6.45, 7) is 0. The number of nitriles is 1. The van der Waals surface area contributed by atoms with Gasteiger partial charge < -0.3 is 5.32 Å². The molecule has 0 saturated heterocycles. The van der Waals surface area contributed by atoms with Crippen molar-refractivity contribution >= 4 is 32.6 Å². The molecule has 4 nitrogen and oxygen atoms in total. The number of fused-ring (bicyclic) bond motifs is 1. The molecule has 2 aromatic carbocycles. The van der Waals surface area contributed by atoms with E-state index in [1.54, 1.807) is 24.3 Å². The van der Waals surface area contributed by atoms with E-state index in [9.17, 15) is 4.79 Å². The van der Waals surface area contributed by atoms with E-state index in [4.69, 9.17) is 5.26 Å². The minimum absolute atomic E-state index is 0.112. The summed E-state index contributed by atoms with van der Waals surface area (Å²) in [7, 11) is 0. The molecule has 0 aliphatic heterocycles. The van der Waals surface area contributed by atoms with Crippen LogP contribution in [0.25, 0.3) is 10.2 Å². The Morgan fingerprint density at radius 1 is 1.19 bits per heavy atom. The summed E-state index contributed by atoms with van der Waals surface area (Å²) in [5.41, 5.74) is 2.34. The first-order valence-corrected chi connectivity index (χ1v) is 7.21. The summed E-state index contributed by atoms with van der Waals surface area (Å²) in [6.07, 6.45) is 0.266. The Kier molecular flexibility index (Phi) is 3.63. The molecule has 21 heavy (non-hydrogen) atoms. The minimum atomic E-state index is -0.112. The largest absolute Gasteiger partial charge is 0.302 e. The van der Waals surface area contributed by atoms with Crippen molar-refractivity contribution < 1.29 is 4.79 Å². The first kappa shape index (κ1) is 13.3. The Hall–Kier alpha value is -2.71. The SMILES string of the molecule is N#Cc1ccc(CC(=O)Nc2nc3ccccc3s2)cc1. The molecular formula is C16H11N3OS. The van der Waals surface area contributed by atoms with Crippen LogP contribution in [0.5, 0.6) is 0 Å². The molecule has 5 heteroatoms. The number of hydrogen-bond donors (Lipinski definition) is 1. The maximum atomic E-state index is 12.0. The van der Waals surface area contributed by atoms with Crippen molar-refractivity contribution in [1.29, 1.82) is 5.26 Å². The van der Waals surface area contributed by atoms with E-state index in [1.165, 1.54) is 11.3 Å². The molecule has 0 unspecified atom stereocenters. The van der Waals surface area contributed by atoms with Crippen LogP contribution >= 0.6 is 11.3 Å². The lowest BCUT2D eigenvalue weighted by molar-refractivity contribution is -0.115. The molecule has 0 aliphatic rings. The van der Waals surface area contributed by atoms with Gasteiger partial charge in [0.15, 0.2) is 5.13 Å². The van der Waals surface area contributed by atoms with Crippen molar-refractivity contribution in [1.82, 2.24) is 4.98 Å². The van der Waals surface area contributed by atoms with Crippen molar-refractivity contribution in [2.24, 2.45) is 0 Å². The number of anilines is 1. The smallest absolute Gasteiger partial charge is 0.230 e. The van der Waals surface area contributed by atoms with Gasteiger partial charge in [-0.2, -0.15) is 5.26 Å². The molecule has 1 aromatic heterocycles. The van der Waals surface area contributed by atoms with Crippen LogP contribution in [0, 0.1) is 11.3 Å². The zero-order chi connectivity index (χ0) is 14.7. The van der Waals surface area contributed by atoms with Crippen LogP contribution in [0.1, 0.15) is 11.1 Å². The molecule has 1 heterocycles. The molecule has 3 rings (SSSR count). The number of thiazole rings is 1. The van der Waals surface area contributed by atoms with Gasteiger partial charge in [0.2, 0.25) is 5.91 Å². The van der Waals surface area contributed by atoms with E-state index in [1.807, 2.05) is 24.3 Å². The van der Waals surface area contributed by atoms with E-state index in [0.29, 0.717) is 10.7 Å². The normalized spacial score (nSPS) is 10.2. The van der Waals surface area contributed by atoms with E-state index in [2.05, 4.69) is 16.4 Å². The molecule has 0 fully saturated rings. The Morgan fingerprint density at radius 2 is 1.95 bits per heavy atom. The van der Waals surface area contributed by atoms with E-state index >= 15 is 0 Å². The highest BCUT2D eigenvalue weighted by Crippen LogP contribution is 2.25. The van der Waals surface area contributed by atoms with Gasteiger partial charge in [0.05, 0.1) is 28.3 Å². The topological polar surface area (TPSA) is 65.8 Å². The molecule has 3 aromatic rings. The Bertz CT molecular complexity index is 798. The molecule has 1 amide bonds. The number of rotatable bonds is 3. The summed E-state index contributed by atoms with van der Waals surface area (Å²) >= 11 is 1.46.